The van der Waals surface area contributed by atoms with Crippen LogP contribution in [0.25, 0.3) is 0 Å². The van der Waals surface area contributed by atoms with Crippen molar-refractivity contribution in [3.63, 3.8) is 0 Å². The van der Waals surface area contributed by atoms with Gasteiger partial charge in [-0.25, -0.2) is 0 Å². The van der Waals surface area contributed by atoms with E-state index in [2.05, 4.69) is 24.4 Å². The van der Waals surface area contributed by atoms with Crippen molar-refractivity contribution in [1.29, 1.82) is 0 Å². The summed E-state index contributed by atoms with van der Waals surface area (Å²) in [5.74, 6) is 0.256. The summed E-state index contributed by atoms with van der Waals surface area (Å²) >= 11 is 0. The van der Waals surface area contributed by atoms with E-state index >= 15 is 0 Å². The van der Waals surface area contributed by atoms with E-state index in [1.54, 1.807) is 0 Å². The average molecular weight is 288 g/mol. The molecule has 3 unspecified atom stereocenters. The number of ether oxygens (including phenoxy) is 1. The summed E-state index contributed by atoms with van der Waals surface area (Å²) in [7, 11) is 0. The van der Waals surface area contributed by atoms with Gasteiger partial charge in [0.05, 0.1) is 19.2 Å². The van der Waals surface area contributed by atoms with Gasteiger partial charge in [0.1, 0.15) is 6.10 Å². The van der Waals surface area contributed by atoms with Crippen molar-refractivity contribution in [2.75, 3.05) is 19.7 Å². The standard InChI is InChI=1S/C17H24N2O2/c1-13-12-21-16(14-6-3-2-4-7-14)11-19(13)17(20)10-15-8-5-9-18-15/h2-4,6-7,13,15-16,18H,5,8-12H2,1H3. The molecular formula is C17H24N2O2. The van der Waals surface area contributed by atoms with Crippen molar-refractivity contribution in [3.8, 4) is 0 Å². The van der Waals surface area contributed by atoms with Crippen molar-refractivity contribution in [2.45, 2.75) is 44.4 Å². The van der Waals surface area contributed by atoms with Gasteiger partial charge in [0.25, 0.3) is 0 Å². The number of hydrogen-bond acceptors (Lipinski definition) is 3. The number of benzene rings is 1. The van der Waals surface area contributed by atoms with Crippen molar-refractivity contribution in [2.24, 2.45) is 0 Å². The second-order valence-corrected chi connectivity index (χ2v) is 6.13. The normalized spacial score (nSPS) is 29.6. The molecule has 1 aromatic carbocycles. The second-order valence-electron chi connectivity index (χ2n) is 6.13. The predicted octanol–water partition coefficient (Wildman–Crippen LogP) is 2.12. The van der Waals surface area contributed by atoms with E-state index in [-0.39, 0.29) is 18.1 Å². The van der Waals surface area contributed by atoms with Crippen LogP contribution >= 0.6 is 0 Å². The molecule has 0 bridgehead atoms. The molecule has 0 aromatic heterocycles. The Morgan fingerprint density at radius 2 is 2.19 bits per heavy atom. The Hall–Kier alpha value is -1.39. The van der Waals surface area contributed by atoms with Gasteiger partial charge in [0.2, 0.25) is 5.91 Å². The number of nitrogens with zero attached hydrogens (tertiary/aromatic N) is 1. The number of morpholine rings is 1. The zero-order chi connectivity index (χ0) is 14.7. The van der Waals surface area contributed by atoms with Gasteiger partial charge in [-0.1, -0.05) is 30.3 Å². The quantitative estimate of drug-likeness (QED) is 0.926. The third kappa shape index (κ3) is 3.44. The Morgan fingerprint density at radius 3 is 2.90 bits per heavy atom. The lowest BCUT2D eigenvalue weighted by Gasteiger charge is -2.38. The van der Waals surface area contributed by atoms with Gasteiger partial charge in [-0.2, -0.15) is 0 Å². The summed E-state index contributed by atoms with van der Waals surface area (Å²) in [4.78, 5) is 14.6. The van der Waals surface area contributed by atoms with Gasteiger partial charge in [0, 0.05) is 12.5 Å². The first-order chi connectivity index (χ1) is 10.2. The third-order valence-electron chi connectivity index (χ3n) is 4.51. The monoisotopic (exact) mass is 288 g/mol. The lowest BCUT2D eigenvalue weighted by Crippen LogP contribution is -2.49. The SMILES string of the molecule is CC1COC(c2ccccc2)CN1C(=O)CC1CCCN1. The third-order valence-corrected chi connectivity index (χ3v) is 4.51. The molecule has 2 aliphatic heterocycles. The van der Waals surface area contributed by atoms with Crippen molar-refractivity contribution >= 4 is 5.91 Å². The Bertz CT molecular complexity index is 471. The maximum atomic E-state index is 12.6. The van der Waals surface area contributed by atoms with E-state index in [4.69, 9.17) is 4.74 Å². The van der Waals surface area contributed by atoms with Crippen LogP contribution in [0.2, 0.25) is 0 Å². The Kier molecular flexibility index (Phi) is 4.56. The summed E-state index contributed by atoms with van der Waals surface area (Å²) in [6.07, 6.45) is 2.92. The van der Waals surface area contributed by atoms with Gasteiger partial charge in [-0.3, -0.25) is 4.79 Å². The zero-order valence-corrected chi connectivity index (χ0v) is 12.6. The molecule has 2 fully saturated rings. The van der Waals surface area contributed by atoms with Crippen LogP contribution in [-0.2, 0) is 9.53 Å². The van der Waals surface area contributed by atoms with E-state index in [0.717, 1.165) is 18.5 Å². The van der Waals surface area contributed by atoms with E-state index in [0.29, 0.717) is 25.6 Å². The first-order valence-corrected chi connectivity index (χ1v) is 7.93. The minimum Gasteiger partial charge on any atom is -0.370 e. The second kappa shape index (κ2) is 6.58. The van der Waals surface area contributed by atoms with E-state index < -0.39 is 0 Å². The minimum absolute atomic E-state index is 0.00267. The molecule has 0 aliphatic carbocycles. The molecule has 114 valence electrons. The highest BCUT2D eigenvalue weighted by atomic mass is 16.5. The maximum absolute atomic E-state index is 12.6. The molecule has 0 spiro atoms. The van der Waals surface area contributed by atoms with Crippen molar-refractivity contribution in [3.05, 3.63) is 35.9 Å². The van der Waals surface area contributed by atoms with Crippen LogP contribution in [0, 0.1) is 0 Å². The highest BCUT2D eigenvalue weighted by Crippen LogP contribution is 2.25. The van der Waals surface area contributed by atoms with Gasteiger partial charge < -0.3 is 15.0 Å². The highest BCUT2D eigenvalue weighted by Gasteiger charge is 2.31. The van der Waals surface area contributed by atoms with Crippen molar-refractivity contribution in [1.82, 2.24) is 10.2 Å². The Labute approximate surface area is 126 Å². The summed E-state index contributed by atoms with van der Waals surface area (Å²) < 4.78 is 5.92. The number of hydrogen-bond donors (Lipinski definition) is 1. The molecule has 0 radical (unpaired) electrons. The van der Waals surface area contributed by atoms with E-state index in [9.17, 15) is 4.79 Å². The summed E-state index contributed by atoms with van der Waals surface area (Å²) in [6.45, 7) is 4.39. The molecule has 1 amide bonds. The predicted molar refractivity (Wildman–Crippen MR) is 82.0 cm³/mol. The van der Waals surface area contributed by atoms with Gasteiger partial charge in [-0.15, -0.1) is 0 Å². The topological polar surface area (TPSA) is 41.6 Å². The van der Waals surface area contributed by atoms with Crippen LogP contribution < -0.4 is 5.32 Å². The average Bonchev–Trinajstić information content (AvgIpc) is 3.01. The summed E-state index contributed by atoms with van der Waals surface area (Å²) in [5.41, 5.74) is 1.15. The summed E-state index contributed by atoms with van der Waals surface area (Å²) in [6, 6.07) is 10.7. The molecule has 3 rings (SSSR count). The first kappa shape index (κ1) is 14.5. The molecule has 4 heteroatoms. The molecule has 3 atom stereocenters. The van der Waals surface area contributed by atoms with E-state index in [1.165, 1.54) is 6.42 Å². The van der Waals surface area contributed by atoms with Crippen LogP contribution in [0.15, 0.2) is 30.3 Å². The fourth-order valence-corrected chi connectivity index (χ4v) is 3.23. The molecule has 0 saturated carbocycles. The lowest BCUT2D eigenvalue weighted by atomic mass is 10.0. The molecule has 4 nitrogen and oxygen atoms in total. The van der Waals surface area contributed by atoms with Gasteiger partial charge in [-0.05, 0) is 31.9 Å². The van der Waals surface area contributed by atoms with Gasteiger partial charge >= 0.3 is 0 Å². The van der Waals surface area contributed by atoms with Crippen LogP contribution in [0.3, 0.4) is 0 Å². The number of carbonyl (C=O) groups is 1. The smallest absolute Gasteiger partial charge is 0.224 e. The van der Waals surface area contributed by atoms with Gasteiger partial charge in [0.15, 0.2) is 0 Å². The largest absolute Gasteiger partial charge is 0.370 e. The number of rotatable bonds is 3. The molecule has 21 heavy (non-hydrogen) atoms. The van der Waals surface area contributed by atoms with Crippen LogP contribution in [0.5, 0.6) is 0 Å². The summed E-state index contributed by atoms with van der Waals surface area (Å²) in [5, 5.41) is 3.41. The minimum atomic E-state index is 0.00267. The van der Waals surface area contributed by atoms with E-state index in [1.807, 2.05) is 23.1 Å². The molecule has 1 aromatic rings. The fraction of sp³-hybridized carbons (Fsp3) is 0.588. The van der Waals surface area contributed by atoms with Crippen LogP contribution in [0.1, 0.15) is 37.9 Å². The fourth-order valence-electron chi connectivity index (χ4n) is 3.23. The number of amides is 1. The molecule has 2 saturated heterocycles. The zero-order valence-electron chi connectivity index (χ0n) is 12.6. The number of carbonyl (C=O) groups excluding carboxylic acids is 1. The maximum Gasteiger partial charge on any atom is 0.224 e. The molecule has 2 aliphatic rings. The van der Waals surface area contributed by atoms with Crippen LogP contribution in [-0.4, -0.2) is 42.6 Å². The highest BCUT2D eigenvalue weighted by molar-refractivity contribution is 5.77. The van der Waals surface area contributed by atoms with Crippen molar-refractivity contribution < 1.29 is 9.53 Å². The number of nitrogens with one attached hydrogen (secondary N) is 1. The van der Waals surface area contributed by atoms with Crippen LogP contribution in [0.4, 0.5) is 0 Å². The molecular weight excluding hydrogens is 264 g/mol. The Morgan fingerprint density at radius 1 is 1.38 bits per heavy atom. The lowest BCUT2D eigenvalue weighted by molar-refractivity contribution is -0.145. The Balaban J connectivity index is 1.64. The first-order valence-electron chi connectivity index (χ1n) is 7.93. The molecule has 2 heterocycles. The molecule has 1 N–H and O–H groups in total.